The Labute approximate surface area is 129 Å². The number of nitrogens with zero attached hydrogens (tertiary/aromatic N) is 1. The van der Waals surface area contributed by atoms with Gasteiger partial charge in [-0.3, -0.25) is 4.79 Å². The Hall–Kier alpha value is -1.58. The van der Waals surface area contributed by atoms with E-state index in [1.165, 1.54) is 0 Å². The summed E-state index contributed by atoms with van der Waals surface area (Å²) < 4.78 is 7.49. The minimum absolute atomic E-state index is 0.0122. The summed E-state index contributed by atoms with van der Waals surface area (Å²) in [4.78, 5) is 12.6. The molecule has 21 heavy (non-hydrogen) atoms. The standard InChI is InChI=1S/C17H18ClNO2/c18-11-14-8-9-16(13-5-2-1-3-6-13)19(17(14)20)12-15-7-4-10-21-15/h1-3,5-6,8-9,15H,4,7,10-12H2. The maximum absolute atomic E-state index is 12.6. The Morgan fingerprint density at radius 1 is 1.19 bits per heavy atom. The van der Waals surface area contributed by atoms with E-state index in [1.807, 2.05) is 47.0 Å². The Kier molecular flexibility index (Phi) is 4.42. The predicted octanol–water partition coefficient (Wildman–Crippen LogP) is 3.43. The van der Waals surface area contributed by atoms with E-state index >= 15 is 0 Å². The number of hydrogen-bond acceptors (Lipinski definition) is 2. The van der Waals surface area contributed by atoms with Crippen LogP contribution in [0, 0.1) is 0 Å². The van der Waals surface area contributed by atoms with Gasteiger partial charge in [-0.1, -0.05) is 36.4 Å². The molecule has 1 aromatic carbocycles. The average Bonchev–Trinajstić information content (AvgIpc) is 3.03. The van der Waals surface area contributed by atoms with Gasteiger partial charge in [0.1, 0.15) is 0 Å². The minimum Gasteiger partial charge on any atom is -0.376 e. The minimum atomic E-state index is -0.0122. The summed E-state index contributed by atoms with van der Waals surface area (Å²) in [5.41, 5.74) is 2.58. The first kappa shape index (κ1) is 14.4. The van der Waals surface area contributed by atoms with Crippen molar-refractivity contribution in [3.63, 3.8) is 0 Å². The lowest BCUT2D eigenvalue weighted by molar-refractivity contribution is 0.0965. The molecule has 1 aliphatic heterocycles. The molecule has 0 amide bonds. The second-order valence-electron chi connectivity index (χ2n) is 5.29. The summed E-state index contributed by atoms with van der Waals surface area (Å²) in [5.74, 6) is 0.236. The molecule has 1 unspecified atom stereocenters. The summed E-state index contributed by atoms with van der Waals surface area (Å²) in [6, 6.07) is 13.8. The number of halogens is 1. The third-order valence-corrected chi connectivity index (χ3v) is 4.16. The molecule has 0 bridgehead atoms. The van der Waals surface area contributed by atoms with Crippen molar-refractivity contribution in [1.29, 1.82) is 0 Å². The van der Waals surface area contributed by atoms with Gasteiger partial charge in [0.15, 0.2) is 0 Å². The highest BCUT2D eigenvalue weighted by Crippen LogP contribution is 2.21. The third-order valence-electron chi connectivity index (χ3n) is 3.88. The van der Waals surface area contributed by atoms with Gasteiger partial charge in [-0.2, -0.15) is 0 Å². The smallest absolute Gasteiger partial charge is 0.255 e. The molecule has 3 rings (SSSR count). The molecule has 110 valence electrons. The fourth-order valence-corrected chi connectivity index (χ4v) is 2.96. The quantitative estimate of drug-likeness (QED) is 0.810. The number of ether oxygens (including phenoxy) is 1. The third kappa shape index (κ3) is 3.04. The SMILES string of the molecule is O=c1c(CCl)ccc(-c2ccccc2)n1CC1CCCO1. The van der Waals surface area contributed by atoms with Crippen LogP contribution < -0.4 is 5.56 Å². The van der Waals surface area contributed by atoms with Crippen LogP contribution in [0.2, 0.25) is 0 Å². The zero-order chi connectivity index (χ0) is 14.7. The fourth-order valence-electron chi connectivity index (χ4n) is 2.76. The van der Waals surface area contributed by atoms with Crippen molar-refractivity contribution in [2.75, 3.05) is 6.61 Å². The van der Waals surface area contributed by atoms with Crippen LogP contribution >= 0.6 is 11.6 Å². The molecule has 4 heteroatoms. The van der Waals surface area contributed by atoms with E-state index in [9.17, 15) is 4.79 Å². The summed E-state index contributed by atoms with van der Waals surface area (Å²) in [5, 5.41) is 0. The van der Waals surface area contributed by atoms with Crippen molar-refractivity contribution in [3.8, 4) is 11.3 Å². The zero-order valence-corrected chi connectivity index (χ0v) is 12.6. The van der Waals surface area contributed by atoms with Gasteiger partial charge in [-0.25, -0.2) is 0 Å². The molecule has 0 aliphatic carbocycles. The highest BCUT2D eigenvalue weighted by molar-refractivity contribution is 6.17. The molecule has 0 N–H and O–H groups in total. The lowest BCUT2D eigenvalue weighted by Crippen LogP contribution is -2.29. The van der Waals surface area contributed by atoms with Crippen molar-refractivity contribution in [1.82, 2.24) is 4.57 Å². The first-order chi connectivity index (χ1) is 10.3. The monoisotopic (exact) mass is 303 g/mol. The van der Waals surface area contributed by atoms with E-state index in [0.717, 1.165) is 30.7 Å². The Balaban J connectivity index is 2.06. The van der Waals surface area contributed by atoms with Crippen LogP contribution in [-0.4, -0.2) is 17.3 Å². The molecule has 0 spiro atoms. The van der Waals surface area contributed by atoms with Crippen LogP contribution in [0.1, 0.15) is 18.4 Å². The van der Waals surface area contributed by atoms with E-state index in [1.54, 1.807) is 0 Å². The van der Waals surface area contributed by atoms with Gasteiger partial charge in [0.2, 0.25) is 0 Å². The molecule has 1 fully saturated rings. The molecular weight excluding hydrogens is 286 g/mol. The van der Waals surface area contributed by atoms with Crippen LogP contribution in [0.3, 0.4) is 0 Å². The van der Waals surface area contributed by atoms with Gasteiger partial charge in [0.25, 0.3) is 5.56 Å². The first-order valence-corrected chi connectivity index (χ1v) is 7.79. The number of alkyl halides is 1. The predicted molar refractivity (Wildman–Crippen MR) is 84.7 cm³/mol. The van der Waals surface area contributed by atoms with E-state index in [0.29, 0.717) is 12.1 Å². The summed E-state index contributed by atoms with van der Waals surface area (Å²) in [7, 11) is 0. The highest BCUT2D eigenvalue weighted by Gasteiger charge is 2.19. The number of aromatic nitrogens is 1. The lowest BCUT2D eigenvalue weighted by atomic mass is 10.1. The van der Waals surface area contributed by atoms with Crippen molar-refractivity contribution >= 4 is 11.6 Å². The Morgan fingerprint density at radius 2 is 2.00 bits per heavy atom. The number of hydrogen-bond donors (Lipinski definition) is 0. The van der Waals surface area contributed by atoms with Gasteiger partial charge in [0, 0.05) is 12.2 Å². The summed E-state index contributed by atoms with van der Waals surface area (Å²) in [6.07, 6.45) is 2.19. The van der Waals surface area contributed by atoms with Crippen molar-refractivity contribution in [3.05, 3.63) is 58.4 Å². The van der Waals surface area contributed by atoms with Crippen molar-refractivity contribution in [2.24, 2.45) is 0 Å². The summed E-state index contributed by atoms with van der Waals surface area (Å²) >= 11 is 5.87. The molecule has 1 atom stereocenters. The van der Waals surface area contributed by atoms with E-state index in [2.05, 4.69) is 0 Å². The number of benzene rings is 1. The maximum Gasteiger partial charge on any atom is 0.255 e. The molecule has 0 saturated carbocycles. The molecule has 1 aliphatic rings. The van der Waals surface area contributed by atoms with Gasteiger partial charge in [-0.05, 0) is 24.5 Å². The molecule has 3 nitrogen and oxygen atoms in total. The molecule has 1 aromatic heterocycles. The molecule has 2 aromatic rings. The van der Waals surface area contributed by atoms with Gasteiger partial charge >= 0.3 is 0 Å². The van der Waals surface area contributed by atoms with Crippen molar-refractivity contribution in [2.45, 2.75) is 31.4 Å². The lowest BCUT2D eigenvalue weighted by Gasteiger charge is -2.17. The second-order valence-corrected chi connectivity index (χ2v) is 5.56. The average molecular weight is 304 g/mol. The van der Waals surface area contributed by atoms with Gasteiger partial charge in [-0.15, -0.1) is 11.6 Å². The summed E-state index contributed by atoms with van der Waals surface area (Å²) in [6.45, 7) is 1.38. The van der Waals surface area contributed by atoms with Crippen LogP contribution in [-0.2, 0) is 17.2 Å². The maximum atomic E-state index is 12.6. The molecule has 0 radical (unpaired) electrons. The van der Waals surface area contributed by atoms with Crippen LogP contribution in [0.5, 0.6) is 0 Å². The van der Waals surface area contributed by atoms with E-state index in [-0.39, 0.29) is 17.5 Å². The second kappa shape index (κ2) is 6.46. The Morgan fingerprint density at radius 3 is 2.67 bits per heavy atom. The van der Waals surface area contributed by atoms with Gasteiger partial charge in [0.05, 0.1) is 24.2 Å². The fraction of sp³-hybridized carbons (Fsp3) is 0.353. The van der Waals surface area contributed by atoms with E-state index < -0.39 is 0 Å². The molecular formula is C17H18ClNO2. The van der Waals surface area contributed by atoms with Crippen LogP contribution in [0.4, 0.5) is 0 Å². The Bertz CT molecular complexity index is 660. The molecule has 2 heterocycles. The normalized spacial score (nSPS) is 18.0. The first-order valence-electron chi connectivity index (χ1n) is 7.25. The van der Waals surface area contributed by atoms with E-state index in [4.69, 9.17) is 16.3 Å². The zero-order valence-electron chi connectivity index (χ0n) is 11.8. The highest BCUT2D eigenvalue weighted by atomic mass is 35.5. The topological polar surface area (TPSA) is 31.2 Å². The number of pyridine rings is 1. The van der Waals surface area contributed by atoms with Crippen LogP contribution in [0.15, 0.2) is 47.3 Å². The molecule has 1 saturated heterocycles. The van der Waals surface area contributed by atoms with Gasteiger partial charge < -0.3 is 9.30 Å². The largest absolute Gasteiger partial charge is 0.376 e. The van der Waals surface area contributed by atoms with Crippen LogP contribution in [0.25, 0.3) is 11.3 Å². The number of rotatable bonds is 4. The van der Waals surface area contributed by atoms with Crippen molar-refractivity contribution < 1.29 is 4.74 Å².